The van der Waals surface area contributed by atoms with Gasteiger partial charge >= 0.3 is 5.97 Å². The number of hydrogen-bond acceptors (Lipinski definition) is 6. The van der Waals surface area contributed by atoms with Gasteiger partial charge in [-0.3, -0.25) is 9.59 Å². The molecule has 2 N–H and O–H groups in total. The second kappa shape index (κ2) is 10.7. The summed E-state index contributed by atoms with van der Waals surface area (Å²) in [6, 6.07) is 2.95. The van der Waals surface area contributed by atoms with Gasteiger partial charge in [0.2, 0.25) is 0 Å². The Hall–Kier alpha value is -2.08. The quantitative estimate of drug-likeness (QED) is 0.361. The average Bonchev–Trinajstić information content (AvgIpc) is 2.53. The van der Waals surface area contributed by atoms with Crippen LogP contribution in [0.1, 0.15) is 61.9 Å². The van der Waals surface area contributed by atoms with Gasteiger partial charge in [0, 0.05) is 12.5 Å². The molecule has 0 unspecified atom stereocenters. The van der Waals surface area contributed by atoms with Gasteiger partial charge in [-0.2, -0.15) is 0 Å². The molecule has 0 fully saturated rings. The molecule has 0 spiro atoms. The summed E-state index contributed by atoms with van der Waals surface area (Å²) in [4.78, 5) is 24.3. The second-order valence-corrected chi connectivity index (χ2v) is 6.03. The Morgan fingerprint density at radius 1 is 1.20 bits per heavy atom. The van der Waals surface area contributed by atoms with Gasteiger partial charge in [0.15, 0.2) is 5.78 Å². The molecule has 0 heterocycles. The fraction of sp³-hybridized carbons (Fsp3) is 0.579. The fourth-order valence-electron chi connectivity index (χ4n) is 2.63. The molecule has 1 atom stereocenters. The topological polar surface area (TPSA) is 93.1 Å². The zero-order valence-corrected chi connectivity index (χ0v) is 15.2. The van der Waals surface area contributed by atoms with Crippen molar-refractivity contribution in [2.75, 3.05) is 13.7 Å². The molecule has 1 aromatic rings. The smallest absolute Gasteiger partial charge is 0.310 e. The van der Waals surface area contributed by atoms with Crippen molar-refractivity contribution in [2.24, 2.45) is 0 Å². The number of ketones is 1. The van der Waals surface area contributed by atoms with E-state index in [1.165, 1.54) is 13.2 Å². The van der Waals surface area contributed by atoms with E-state index in [0.29, 0.717) is 24.2 Å². The Bertz CT molecular complexity index is 580. The average molecular weight is 352 g/mol. The van der Waals surface area contributed by atoms with Gasteiger partial charge in [-0.1, -0.05) is 12.8 Å². The summed E-state index contributed by atoms with van der Waals surface area (Å²) in [6.45, 7) is 3.70. The van der Waals surface area contributed by atoms with Crippen LogP contribution in [-0.2, 0) is 16.0 Å². The number of benzene rings is 1. The molecular weight excluding hydrogens is 324 g/mol. The summed E-state index contributed by atoms with van der Waals surface area (Å²) in [7, 11) is 1.45. The Morgan fingerprint density at radius 2 is 1.92 bits per heavy atom. The second-order valence-electron chi connectivity index (χ2n) is 6.03. The monoisotopic (exact) mass is 352 g/mol. The van der Waals surface area contributed by atoms with E-state index in [4.69, 9.17) is 9.47 Å². The Balaban J connectivity index is 2.84. The van der Waals surface area contributed by atoms with Gasteiger partial charge in [0.25, 0.3) is 0 Å². The van der Waals surface area contributed by atoms with Crippen molar-refractivity contribution in [2.45, 2.75) is 58.5 Å². The van der Waals surface area contributed by atoms with E-state index in [2.05, 4.69) is 0 Å². The normalized spacial score (nSPS) is 11.8. The highest BCUT2D eigenvalue weighted by atomic mass is 16.5. The van der Waals surface area contributed by atoms with Gasteiger partial charge in [-0.15, -0.1) is 0 Å². The number of aliphatic hydroxyl groups excluding tert-OH is 1. The molecule has 0 saturated heterocycles. The van der Waals surface area contributed by atoms with Crippen LogP contribution in [0.3, 0.4) is 0 Å². The lowest BCUT2D eigenvalue weighted by Gasteiger charge is -2.13. The first-order chi connectivity index (χ1) is 11.9. The summed E-state index contributed by atoms with van der Waals surface area (Å²) in [5, 5.41) is 19.4. The van der Waals surface area contributed by atoms with Crippen molar-refractivity contribution in [1.82, 2.24) is 0 Å². The van der Waals surface area contributed by atoms with E-state index >= 15 is 0 Å². The Kier molecular flexibility index (Phi) is 8.99. The van der Waals surface area contributed by atoms with Crippen LogP contribution in [-0.4, -0.2) is 41.8 Å². The molecule has 140 valence electrons. The fourth-order valence-corrected chi connectivity index (χ4v) is 2.63. The van der Waals surface area contributed by atoms with Crippen molar-refractivity contribution in [3.05, 3.63) is 23.3 Å². The first kappa shape index (κ1) is 21.0. The number of aliphatic hydroxyl groups is 1. The largest absolute Gasteiger partial charge is 0.507 e. The molecule has 25 heavy (non-hydrogen) atoms. The van der Waals surface area contributed by atoms with E-state index in [0.717, 1.165) is 12.8 Å². The van der Waals surface area contributed by atoms with Gasteiger partial charge in [-0.05, 0) is 38.3 Å². The third-order valence-electron chi connectivity index (χ3n) is 3.85. The molecule has 6 nitrogen and oxygen atoms in total. The van der Waals surface area contributed by atoms with Crippen LogP contribution < -0.4 is 4.74 Å². The van der Waals surface area contributed by atoms with Crippen LogP contribution in [0.5, 0.6) is 11.5 Å². The summed E-state index contributed by atoms with van der Waals surface area (Å²) < 4.78 is 10.0. The standard InChI is InChI=1S/C19H28O6/c1-4-25-18(23)11-14-10-15(24-3)12-17(22)19(14)16(21)9-7-5-6-8-13(2)20/h10,12-13,20,22H,4-9,11H2,1-3H3/t13-/m0/s1. The van der Waals surface area contributed by atoms with Crippen LogP contribution in [0.25, 0.3) is 0 Å². The third kappa shape index (κ3) is 7.13. The molecule has 1 rings (SSSR count). The van der Waals surface area contributed by atoms with Crippen LogP contribution in [0.4, 0.5) is 0 Å². The van der Waals surface area contributed by atoms with Crippen molar-refractivity contribution >= 4 is 11.8 Å². The maximum absolute atomic E-state index is 12.5. The highest BCUT2D eigenvalue weighted by molar-refractivity contribution is 6.01. The molecule has 0 aromatic heterocycles. The van der Waals surface area contributed by atoms with E-state index < -0.39 is 5.97 Å². The molecule has 0 bridgehead atoms. The lowest BCUT2D eigenvalue weighted by atomic mass is 9.96. The number of Topliss-reactive ketones (excluding diaryl/α,β-unsaturated/α-hetero) is 1. The Morgan fingerprint density at radius 3 is 2.52 bits per heavy atom. The minimum absolute atomic E-state index is 0.0955. The number of rotatable bonds is 11. The molecule has 1 aromatic carbocycles. The maximum atomic E-state index is 12.5. The SMILES string of the molecule is CCOC(=O)Cc1cc(OC)cc(O)c1C(=O)CCCCC[C@H](C)O. The number of ether oxygens (including phenoxy) is 2. The van der Waals surface area contributed by atoms with E-state index in [1.807, 2.05) is 0 Å². The van der Waals surface area contributed by atoms with Crippen molar-refractivity contribution < 1.29 is 29.3 Å². The van der Waals surface area contributed by atoms with Crippen molar-refractivity contribution in [3.8, 4) is 11.5 Å². The number of aromatic hydroxyl groups is 1. The molecule has 0 radical (unpaired) electrons. The molecule has 0 saturated carbocycles. The number of phenols is 1. The zero-order valence-electron chi connectivity index (χ0n) is 15.2. The number of esters is 1. The van der Waals surface area contributed by atoms with Gasteiger partial charge in [-0.25, -0.2) is 0 Å². The number of methoxy groups -OCH3 is 1. The van der Waals surface area contributed by atoms with Crippen LogP contribution >= 0.6 is 0 Å². The van der Waals surface area contributed by atoms with E-state index in [9.17, 15) is 19.8 Å². The zero-order chi connectivity index (χ0) is 18.8. The highest BCUT2D eigenvalue weighted by Gasteiger charge is 2.20. The molecule has 0 aliphatic carbocycles. The summed E-state index contributed by atoms with van der Waals surface area (Å²) >= 11 is 0. The van der Waals surface area contributed by atoms with Crippen LogP contribution in [0, 0.1) is 0 Å². The van der Waals surface area contributed by atoms with Crippen LogP contribution in [0.15, 0.2) is 12.1 Å². The first-order valence-corrected chi connectivity index (χ1v) is 8.65. The molecule has 0 aliphatic heterocycles. The molecular formula is C19H28O6. The first-order valence-electron chi connectivity index (χ1n) is 8.65. The van der Waals surface area contributed by atoms with E-state index in [-0.39, 0.29) is 42.6 Å². The highest BCUT2D eigenvalue weighted by Crippen LogP contribution is 2.30. The maximum Gasteiger partial charge on any atom is 0.310 e. The number of hydrogen-bond donors (Lipinski definition) is 2. The molecule has 0 amide bonds. The van der Waals surface area contributed by atoms with E-state index in [1.54, 1.807) is 19.9 Å². The number of unbranched alkanes of at least 4 members (excludes halogenated alkanes) is 2. The number of phenolic OH excluding ortho intramolecular Hbond substituents is 1. The van der Waals surface area contributed by atoms with Gasteiger partial charge in [0.1, 0.15) is 11.5 Å². The molecule has 0 aliphatic rings. The minimum atomic E-state index is -0.457. The van der Waals surface area contributed by atoms with Crippen molar-refractivity contribution in [3.63, 3.8) is 0 Å². The minimum Gasteiger partial charge on any atom is -0.507 e. The van der Waals surface area contributed by atoms with Gasteiger partial charge < -0.3 is 19.7 Å². The summed E-state index contributed by atoms with van der Waals surface area (Å²) in [6.07, 6.45) is 2.87. The lowest BCUT2D eigenvalue weighted by molar-refractivity contribution is -0.142. The third-order valence-corrected chi connectivity index (χ3v) is 3.85. The van der Waals surface area contributed by atoms with Gasteiger partial charge in [0.05, 0.1) is 31.8 Å². The summed E-state index contributed by atoms with van der Waals surface area (Å²) in [5.74, 6) is -0.476. The number of carbonyl (C=O) groups is 2. The summed E-state index contributed by atoms with van der Waals surface area (Å²) in [5.41, 5.74) is 0.564. The van der Waals surface area contributed by atoms with Crippen LogP contribution in [0.2, 0.25) is 0 Å². The molecule has 6 heteroatoms. The Labute approximate surface area is 148 Å². The predicted molar refractivity (Wildman–Crippen MR) is 94.1 cm³/mol. The lowest BCUT2D eigenvalue weighted by Crippen LogP contribution is -2.12. The van der Waals surface area contributed by atoms with Crippen molar-refractivity contribution in [1.29, 1.82) is 0 Å². The predicted octanol–water partition coefficient (Wildman–Crippen LogP) is 3.02. The number of carbonyl (C=O) groups excluding carboxylic acids is 2.